The molecule has 362 valence electrons. The Labute approximate surface area is 397 Å². The average Bonchev–Trinajstić information content (AvgIpc) is 3.65. The largest absolute Gasteiger partial charge is 0.492 e. The first-order valence-corrected chi connectivity index (χ1v) is 24.9. The van der Waals surface area contributed by atoms with Crippen LogP contribution in [0.3, 0.4) is 0 Å². The number of pyridine rings is 1. The number of hydrogen-bond acceptors (Lipinski definition) is 14. The number of hydrogen-bond donors (Lipinski definition) is 3. The van der Waals surface area contributed by atoms with Crippen molar-refractivity contribution in [1.82, 2.24) is 35.3 Å². The van der Waals surface area contributed by atoms with Gasteiger partial charge in [0.25, 0.3) is 0 Å². The first kappa shape index (κ1) is 47.1. The number of fused-ring (bicyclic) bond motifs is 1. The van der Waals surface area contributed by atoms with E-state index in [9.17, 15) is 14.4 Å². The number of nitrogens with one attached hydrogen (secondary N) is 3. The number of alkyl carbamates (subject to hydrolysis) is 1. The van der Waals surface area contributed by atoms with E-state index >= 15 is 4.79 Å². The van der Waals surface area contributed by atoms with Crippen molar-refractivity contribution in [2.45, 2.75) is 129 Å². The van der Waals surface area contributed by atoms with Gasteiger partial charge in [0.2, 0.25) is 11.8 Å². The molecule has 67 heavy (non-hydrogen) atoms. The number of anilines is 1. The van der Waals surface area contributed by atoms with Crippen molar-refractivity contribution in [3.05, 3.63) is 41.3 Å². The molecule has 2 aromatic heterocycles. The SMILES string of the molecule is C=C1CCC(NC(=O)[C@@H]2CC(Oc3cc(-c4csc(NC(C)C)n4)nc4c(C)c(OCCN5CCN(C)CC5)ccc34)CN2C(=O)[C@@H](NC(=O)OC2CC34CC3(C2)C4)C(C)(C)C)(C(=O)OC)C1. The number of methoxy groups -OCH3 is 1. The number of carbonyl (C=O) groups excluding carboxylic acids is 4. The van der Waals surface area contributed by atoms with Crippen molar-refractivity contribution in [2.24, 2.45) is 16.2 Å². The number of rotatable bonds is 15. The first-order valence-electron chi connectivity index (χ1n) is 24.0. The molecule has 3 aromatic rings. The summed E-state index contributed by atoms with van der Waals surface area (Å²) < 4.78 is 24.5. The number of likely N-dealkylation sites (tertiary alicyclic amines) is 1. The molecule has 2 unspecified atom stereocenters. The van der Waals surface area contributed by atoms with Crippen molar-refractivity contribution in [2.75, 3.05) is 65.3 Å². The third-order valence-corrected chi connectivity index (χ3v) is 16.0. The summed E-state index contributed by atoms with van der Waals surface area (Å²) >= 11 is 1.49. The van der Waals surface area contributed by atoms with E-state index in [0.717, 1.165) is 73.0 Å². The molecule has 4 saturated carbocycles. The lowest BCUT2D eigenvalue weighted by atomic mass is 9.85. The summed E-state index contributed by atoms with van der Waals surface area (Å²) in [6.45, 7) is 21.3. The van der Waals surface area contributed by atoms with E-state index in [-0.39, 0.29) is 31.5 Å². The van der Waals surface area contributed by atoms with Gasteiger partial charge in [-0.1, -0.05) is 32.9 Å². The highest BCUT2D eigenvalue weighted by Gasteiger charge is 2.86. The van der Waals surface area contributed by atoms with Gasteiger partial charge in [-0.2, -0.15) is 0 Å². The molecule has 6 fully saturated rings. The molecule has 17 heteroatoms. The molecule has 4 heterocycles. The van der Waals surface area contributed by atoms with Gasteiger partial charge < -0.3 is 44.7 Å². The minimum atomic E-state index is -1.32. The molecule has 3 N–H and O–H groups in total. The highest BCUT2D eigenvalue weighted by atomic mass is 32.1. The number of likely N-dealkylation sites (N-methyl/N-ethyl adjacent to an activating group) is 1. The zero-order valence-electron chi connectivity index (χ0n) is 40.4. The summed E-state index contributed by atoms with van der Waals surface area (Å²) in [5.41, 5.74) is 2.27. The Kier molecular flexibility index (Phi) is 12.5. The maximum atomic E-state index is 15.0. The summed E-state index contributed by atoms with van der Waals surface area (Å²) in [5, 5.41) is 12.8. The quantitative estimate of drug-likeness (QED) is 0.114. The lowest BCUT2D eigenvalue weighted by Crippen LogP contribution is -2.61. The van der Waals surface area contributed by atoms with Gasteiger partial charge in [0.05, 0.1) is 24.9 Å². The predicted molar refractivity (Wildman–Crippen MR) is 256 cm³/mol. The van der Waals surface area contributed by atoms with E-state index in [2.05, 4.69) is 53.2 Å². The van der Waals surface area contributed by atoms with Crippen molar-refractivity contribution in [3.8, 4) is 22.9 Å². The molecule has 16 nitrogen and oxygen atoms in total. The average molecular weight is 941 g/mol. The second-order valence-corrected chi connectivity index (χ2v) is 22.5. The molecule has 6 aliphatic rings. The van der Waals surface area contributed by atoms with Crippen LogP contribution in [0.5, 0.6) is 11.5 Å². The van der Waals surface area contributed by atoms with Gasteiger partial charge in [-0.05, 0) is 94.7 Å². The topological polar surface area (TPSA) is 177 Å². The summed E-state index contributed by atoms with van der Waals surface area (Å²) in [6.07, 6.45) is 3.89. The van der Waals surface area contributed by atoms with E-state index in [1.54, 1.807) is 0 Å². The zero-order chi connectivity index (χ0) is 47.6. The molecule has 2 aliphatic heterocycles. The summed E-state index contributed by atoms with van der Waals surface area (Å²) in [6, 6.07) is 3.85. The lowest BCUT2D eigenvalue weighted by Gasteiger charge is -2.36. The molecule has 9 rings (SSSR count). The lowest BCUT2D eigenvalue weighted by molar-refractivity contribution is -0.152. The van der Waals surface area contributed by atoms with E-state index in [1.807, 2.05) is 51.3 Å². The van der Waals surface area contributed by atoms with Gasteiger partial charge in [0.1, 0.15) is 53.6 Å². The minimum absolute atomic E-state index is 0.0244. The fraction of sp³-hybridized carbons (Fsp3) is 0.640. The fourth-order valence-electron chi connectivity index (χ4n) is 11.2. The van der Waals surface area contributed by atoms with Crippen molar-refractivity contribution in [3.63, 3.8) is 0 Å². The van der Waals surface area contributed by atoms with Crippen LogP contribution in [0, 0.1) is 23.2 Å². The second kappa shape index (κ2) is 17.8. The minimum Gasteiger partial charge on any atom is -0.492 e. The highest BCUT2D eigenvalue weighted by Crippen LogP contribution is 2.93. The van der Waals surface area contributed by atoms with Crippen LogP contribution in [0.25, 0.3) is 22.3 Å². The number of nitrogens with zero attached hydrogens (tertiary/aromatic N) is 5. The van der Waals surface area contributed by atoms with Gasteiger partial charge in [-0.15, -0.1) is 11.3 Å². The van der Waals surface area contributed by atoms with Gasteiger partial charge in [-0.25, -0.2) is 19.6 Å². The molecule has 0 bridgehead atoms. The molecule has 0 spiro atoms. The summed E-state index contributed by atoms with van der Waals surface area (Å²) in [7, 11) is 3.45. The summed E-state index contributed by atoms with van der Waals surface area (Å²) in [4.78, 5) is 72.9. The van der Waals surface area contributed by atoms with Crippen LogP contribution in [0.2, 0.25) is 0 Å². The van der Waals surface area contributed by atoms with Crippen LogP contribution >= 0.6 is 11.3 Å². The van der Waals surface area contributed by atoms with Crippen LogP contribution in [0.1, 0.15) is 91.5 Å². The first-order chi connectivity index (χ1) is 31.8. The Morgan fingerprint density at radius 1 is 1.00 bits per heavy atom. The number of thiazole rings is 1. The third-order valence-electron chi connectivity index (χ3n) is 15.2. The Balaban J connectivity index is 1.01. The fourth-order valence-corrected chi connectivity index (χ4v) is 12.1. The number of piperazine rings is 1. The van der Waals surface area contributed by atoms with Gasteiger partial charge in [-0.3, -0.25) is 14.5 Å². The number of aromatic nitrogens is 2. The van der Waals surface area contributed by atoms with Crippen molar-refractivity contribution < 1.29 is 38.1 Å². The monoisotopic (exact) mass is 940 g/mol. The number of carbonyl (C=O) groups is 4. The standard InChI is InChI=1S/C50H68N8O8S/c1-29(2)51-45-53-36(26-67-45)35-21-39(34-10-11-38(31(4)40(34)52-35)64-19-18-57-16-14-56(8)15-17-57)65-32-20-37(42(59)55-50(44(61)63-9)13-12-30(3)22-50)58(25-32)43(60)41(47(5,6)7)54-46(62)66-33-23-48-27-49(48,24-33)28-48/h10-11,21,26,29,32-33,37,41H,3,12-20,22-25,27-28H2,1-2,4-9H3,(H,51,53)(H,54,62)(H,55,59)/t32?,33?,37-,41+,48?,49?,50?/m0/s1. The Bertz CT molecular complexity index is 2420. The van der Waals surface area contributed by atoms with Crippen LogP contribution in [0.15, 0.2) is 35.7 Å². The number of ether oxygens (including phenoxy) is 4. The predicted octanol–water partition coefficient (Wildman–Crippen LogP) is 6.31. The Morgan fingerprint density at radius 3 is 2.39 bits per heavy atom. The molecule has 0 radical (unpaired) electrons. The van der Waals surface area contributed by atoms with Crippen molar-refractivity contribution in [1.29, 1.82) is 0 Å². The van der Waals surface area contributed by atoms with E-state index in [1.165, 1.54) is 36.2 Å². The number of esters is 1. The molecule has 4 aliphatic carbocycles. The third kappa shape index (κ3) is 9.44. The van der Waals surface area contributed by atoms with E-state index < -0.39 is 53.0 Å². The maximum absolute atomic E-state index is 15.0. The van der Waals surface area contributed by atoms with E-state index in [0.29, 0.717) is 52.9 Å². The van der Waals surface area contributed by atoms with Crippen molar-refractivity contribution >= 4 is 51.2 Å². The molecule has 3 amide bonds. The number of benzene rings is 1. The Morgan fingerprint density at radius 2 is 1.73 bits per heavy atom. The second-order valence-electron chi connectivity index (χ2n) is 21.7. The van der Waals surface area contributed by atoms with E-state index in [4.69, 9.17) is 28.9 Å². The van der Waals surface area contributed by atoms with Crippen LogP contribution < -0.4 is 25.4 Å². The molecule has 1 aromatic carbocycles. The smallest absolute Gasteiger partial charge is 0.408 e. The number of amides is 3. The summed E-state index contributed by atoms with van der Waals surface area (Å²) in [5.74, 6) is -0.295. The number of aryl methyl sites for hydroxylation is 1. The van der Waals surface area contributed by atoms with Gasteiger partial charge in [0, 0.05) is 74.0 Å². The van der Waals surface area contributed by atoms with Crippen LogP contribution in [-0.2, 0) is 23.9 Å². The molecule has 4 atom stereocenters. The molecular formula is C50H68N8O8S. The zero-order valence-corrected chi connectivity index (χ0v) is 41.2. The van der Waals surface area contributed by atoms with Crippen LogP contribution in [0.4, 0.5) is 9.93 Å². The van der Waals surface area contributed by atoms with Crippen LogP contribution in [-0.4, -0.2) is 144 Å². The highest BCUT2D eigenvalue weighted by molar-refractivity contribution is 7.14. The van der Waals surface area contributed by atoms with Gasteiger partial charge >= 0.3 is 12.1 Å². The van der Waals surface area contributed by atoms with Gasteiger partial charge in [0.15, 0.2) is 5.13 Å². The Hall–Kier alpha value is -5.00. The normalized spacial score (nSPS) is 28.5. The molecular weight excluding hydrogens is 873 g/mol. The molecule has 2 saturated heterocycles. The maximum Gasteiger partial charge on any atom is 0.408 e.